The first-order valence-electron chi connectivity index (χ1n) is 4.92. The minimum Gasteiger partial charge on any atom is -0.343 e. The summed E-state index contributed by atoms with van der Waals surface area (Å²) in [5.41, 5.74) is -0.360. The summed E-state index contributed by atoms with van der Waals surface area (Å²) >= 11 is 0. The van der Waals surface area contributed by atoms with Crippen molar-refractivity contribution in [2.75, 3.05) is 0 Å². The Kier molecular flexibility index (Phi) is 2.29. The number of ether oxygens (including phenoxy) is 2. The van der Waals surface area contributed by atoms with Crippen molar-refractivity contribution >= 4 is 0 Å². The molecule has 0 atom stereocenters. The molecule has 78 valence electrons. The van der Waals surface area contributed by atoms with Gasteiger partial charge in [-0.25, -0.2) is 0 Å². The van der Waals surface area contributed by atoms with E-state index in [-0.39, 0.29) is 22.9 Å². The molecule has 1 aliphatic rings. The second-order valence-corrected chi connectivity index (χ2v) is 5.95. The van der Waals surface area contributed by atoms with Crippen LogP contribution in [0.1, 0.15) is 48.5 Å². The maximum absolute atomic E-state index is 5.91. The predicted octanol–water partition coefficient (Wildman–Crippen LogP) is 2.96. The zero-order valence-corrected chi connectivity index (χ0v) is 9.89. The third-order valence-corrected chi connectivity index (χ3v) is 2.96. The highest BCUT2D eigenvalue weighted by Gasteiger charge is 2.52. The Labute approximate surface area is 81.6 Å². The Hall–Kier alpha value is -0.0800. The van der Waals surface area contributed by atoms with E-state index in [1.807, 2.05) is 0 Å². The lowest BCUT2D eigenvalue weighted by Gasteiger charge is -2.30. The average molecular weight is 186 g/mol. The Morgan fingerprint density at radius 2 is 1.15 bits per heavy atom. The van der Waals surface area contributed by atoms with E-state index in [1.165, 1.54) is 0 Å². The van der Waals surface area contributed by atoms with E-state index in [0.29, 0.717) is 0 Å². The molecule has 2 nitrogen and oxygen atoms in total. The van der Waals surface area contributed by atoms with E-state index in [0.717, 1.165) is 0 Å². The fraction of sp³-hybridized carbons (Fsp3) is 1.00. The van der Waals surface area contributed by atoms with E-state index in [1.54, 1.807) is 0 Å². The van der Waals surface area contributed by atoms with Crippen LogP contribution < -0.4 is 0 Å². The highest BCUT2D eigenvalue weighted by molar-refractivity contribution is 4.96. The van der Waals surface area contributed by atoms with Crippen LogP contribution in [0.15, 0.2) is 0 Å². The van der Waals surface area contributed by atoms with Gasteiger partial charge >= 0.3 is 0 Å². The van der Waals surface area contributed by atoms with E-state index in [9.17, 15) is 0 Å². The van der Waals surface area contributed by atoms with Crippen LogP contribution in [0.5, 0.6) is 0 Å². The van der Waals surface area contributed by atoms with E-state index in [4.69, 9.17) is 9.47 Å². The molecule has 0 amide bonds. The van der Waals surface area contributed by atoms with Crippen LogP contribution in [0.4, 0.5) is 0 Å². The summed E-state index contributed by atoms with van der Waals surface area (Å²) in [6, 6.07) is 0. The van der Waals surface area contributed by atoms with Gasteiger partial charge in [-0.05, 0) is 27.7 Å². The van der Waals surface area contributed by atoms with Crippen molar-refractivity contribution in [2.45, 2.75) is 66.0 Å². The second kappa shape index (κ2) is 2.71. The molecule has 1 aliphatic heterocycles. The Morgan fingerprint density at radius 1 is 0.846 bits per heavy atom. The molecule has 0 saturated carbocycles. The zero-order chi connectivity index (χ0) is 10.5. The zero-order valence-electron chi connectivity index (χ0n) is 9.89. The maximum Gasteiger partial charge on any atom is 0.164 e. The van der Waals surface area contributed by atoms with Gasteiger partial charge in [-0.3, -0.25) is 0 Å². The predicted molar refractivity (Wildman–Crippen MR) is 53.6 cm³/mol. The van der Waals surface area contributed by atoms with Gasteiger partial charge in [0.25, 0.3) is 0 Å². The molecule has 1 rings (SSSR count). The van der Waals surface area contributed by atoms with Gasteiger partial charge in [0.15, 0.2) is 6.29 Å². The van der Waals surface area contributed by atoms with Crippen molar-refractivity contribution in [2.24, 2.45) is 5.41 Å². The third-order valence-electron chi connectivity index (χ3n) is 2.96. The summed E-state index contributed by atoms with van der Waals surface area (Å²) in [5, 5.41) is 0. The van der Waals surface area contributed by atoms with Gasteiger partial charge in [-0.15, -0.1) is 0 Å². The van der Waals surface area contributed by atoms with Crippen LogP contribution in [0, 0.1) is 5.41 Å². The molecule has 0 aromatic carbocycles. The summed E-state index contributed by atoms with van der Waals surface area (Å²) in [6.07, 6.45) is -0.0995. The minimum atomic E-state index is -0.203. The summed E-state index contributed by atoms with van der Waals surface area (Å²) in [7, 11) is 0. The molecule has 0 N–H and O–H groups in total. The standard InChI is InChI=1S/C11H22O2/c1-9(2,3)8-12-10(4,5)11(6,7)13-8/h8H,1-7H3. The summed E-state index contributed by atoms with van der Waals surface area (Å²) in [5.74, 6) is 0. The normalized spacial score (nSPS) is 27.9. The van der Waals surface area contributed by atoms with Gasteiger partial charge < -0.3 is 9.47 Å². The molecule has 1 heterocycles. The van der Waals surface area contributed by atoms with Crippen molar-refractivity contribution in [1.82, 2.24) is 0 Å². The number of rotatable bonds is 0. The largest absolute Gasteiger partial charge is 0.343 e. The molecule has 0 radical (unpaired) electrons. The van der Waals surface area contributed by atoms with Gasteiger partial charge in [-0.2, -0.15) is 0 Å². The molecule has 0 aromatic heterocycles. The smallest absolute Gasteiger partial charge is 0.164 e. The molecule has 2 heteroatoms. The van der Waals surface area contributed by atoms with Crippen LogP contribution in [0.25, 0.3) is 0 Å². The van der Waals surface area contributed by atoms with E-state index >= 15 is 0 Å². The monoisotopic (exact) mass is 186 g/mol. The van der Waals surface area contributed by atoms with Gasteiger partial charge in [0.2, 0.25) is 0 Å². The lowest BCUT2D eigenvalue weighted by Crippen LogP contribution is -2.41. The molecule has 0 bridgehead atoms. The van der Waals surface area contributed by atoms with Crippen molar-refractivity contribution < 1.29 is 9.47 Å². The fourth-order valence-corrected chi connectivity index (χ4v) is 1.20. The molecule has 0 aliphatic carbocycles. The van der Waals surface area contributed by atoms with Gasteiger partial charge in [0.05, 0.1) is 11.2 Å². The van der Waals surface area contributed by atoms with Crippen molar-refractivity contribution in [3.63, 3.8) is 0 Å². The van der Waals surface area contributed by atoms with Gasteiger partial charge in [0.1, 0.15) is 0 Å². The summed E-state index contributed by atoms with van der Waals surface area (Å²) < 4.78 is 11.8. The maximum atomic E-state index is 5.91. The number of hydrogen-bond acceptors (Lipinski definition) is 2. The second-order valence-electron chi connectivity index (χ2n) is 5.95. The minimum absolute atomic E-state index is 0.0467. The van der Waals surface area contributed by atoms with Crippen LogP contribution >= 0.6 is 0 Å². The highest BCUT2D eigenvalue weighted by atomic mass is 16.7. The molecule has 0 unspecified atom stereocenters. The summed E-state index contributed by atoms with van der Waals surface area (Å²) in [4.78, 5) is 0. The molecule has 1 saturated heterocycles. The van der Waals surface area contributed by atoms with Gasteiger partial charge in [-0.1, -0.05) is 20.8 Å². The van der Waals surface area contributed by atoms with Crippen LogP contribution in [0.2, 0.25) is 0 Å². The SMILES string of the molecule is CC(C)(C)C1OC(C)(C)C(C)(C)O1. The topological polar surface area (TPSA) is 18.5 Å². The van der Waals surface area contributed by atoms with Gasteiger partial charge in [0, 0.05) is 5.41 Å². The lowest BCUT2D eigenvalue weighted by molar-refractivity contribution is -0.147. The molecule has 0 aromatic rings. The molecule has 13 heavy (non-hydrogen) atoms. The van der Waals surface area contributed by atoms with E-state index < -0.39 is 0 Å². The van der Waals surface area contributed by atoms with E-state index in [2.05, 4.69) is 48.5 Å². The first-order valence-corrected chi connectivity index (χ1v) is 4.92. The van der Waals surface area contributed by atoms with Crippen LogP contribution in [0.3, 0.4) is 0 Å². The third kappa shape index (κ3) is 1.89. The average Bonchev–Trinajstić information content (AvgIpc) is 2.00. The molecule has 1 fully saturated rings. The first-order chi connectivity index (χ1) is 5.56. The van der Waals surface area contributed by atoms with Crippen molar-refractivity contribution in [3.8, 4) is 0 Å². The molecular weight excluding hydrogens is 164 g/mol. The fourth-order valence-electron chi connectivity index (χ4n) is 1.20. The first kappa shape index (κ1) is 11.0. The lowest BCUT2D eigenvalue weighted by atomic mass is 9.90. The van der Waals surface area contributed by atoms with Crippen molar-refractivity contribution in [3.05, 3.63) is 0 Å². The molecule has 0 spiro atoms. The van der Waals surface area contributed by atoms with Crippen LogP contribution in [-0.2, 0) is 9.47 Å². The number of hydrogen-bond donors (Lipinski definition) is 0. The Balaban J connectivity index is 2.83. The van der Waals surface area contributed by atoms with Crippen molar-refractivity contribution in [1.29, 1.82) is 0 Å². The quantitative estimate of drug-likeness (QED) is 0.579. The summed E-state index contributed by atoms with van der Waals surface area (Å²) in [6.45, 7) is 14.7. The highest BCUT2D eigenvalue weighted by Crippen LogP contribution is 2.43. The Morgan fingerprint density at radius 3 is 1.31 bits per heavy atom. The Bertz CT molecular complexity index is 183. The van der Waals surface area contributed by atoms with Crippen LogP contribution in [-0.4, -0.2) is 17.5 Å². The molecular formula is C11H22O2.